The molecule has 0 saturated heterocycles. The molecule has 0 atom stereocenters. The van der Waals surface area contributed by atoms with E-state index in [9.17, 15) is 20.0 Å². The molecule has 0 bridgehead atoms. The fourth-order valence-corrected chi connectivity index (χ4v) is 2.83. The van der Waals surface area contributed by atoms with Crippen LogP contribution >= 0.6 is 0 Å². The number of hydrazone groups is 1. The number of rotatable bonds is 5. The van der Waals surface area contributed by atoms with Crippen LogP contribution in [0.25, 0.3) is 5.69 Å². The molecule has 1 amide bonds. The molecule has 0 radical (unpaired) electrons. The van der Waals surface area contributed by atoms with E-state index in [1.54, 1.807) is 12.1 Å². The highest BCUT2D eigenvalue weighted by Crippen LogP contribution is 2.25. The number of phenolic OH excluding ortho intramolecular Hbond substituents is 1. The minimum absolute atomic E-state index is 0.374. The van der Waals surface area contributed by atoms with E-state index in [0.29, 0.717) is 11.1 Å². The fraction of sp³-hybridized carbons (Fsp3) is 0.100. The molecule has 8 heteroatoms. The number of amides is 1. The summed E-state index contributed by atoms with van der Waals surface area (Å²) in [7, 11) is 0. The number of benzene rings is 2. The van der Waals surface area contributed by atoms with E-state index in [-0.39, 0.29) is 0 Å². The molecule has 2 aromatic carbocycles. The summed E-state index contributed by atoms with van der Waals surface area (Å²) < 4.78 is 2.08. The van der Waals surface area contributed by atoms with Crippen LogP contribution in [0.15, 0.2) is 59.7 Å². The predicted octanol–water partition coefficient (Wildman–Crippen LogP) is 3.47. The molecule has 0 aliphatic carbocycles. The van der Waals surface area contributed by atoms with E-state index in [0.717, 1.165) is 17.1 Å². The Labute approximate surface area is 160 Å². The summed E-state index contributed by atoms with van der Waals surface area (Å²) >= 11 is 0. The van der Waals surface area contributed by atoms with Crippen molar-refractivity contribution in [2.24, 2.45) is 5.10 Å². The lowest BCUT2D eigenvalue weighted by Gasteiger charge is -2.10. The van der Waals surface area contributed by atoms with Gasteiger partial charge in [0, 0.05) is 34.3 Å². The maximum Gasteiger partial charge on any atom is 0.311 e. The molecule has 2 N–H and O–H groups in total. The monoisotopic (exact) mass is 378 g/mol. The van der Waals surface area contributed by atoms with Crippen molar-refractivity contribution in [2.45, 2.75) is 13.8 Å². The Morgan fingerprint density at radius 1 is 1.11 bits per heavy atom. The molecule has 142 valence electrons. The van der Waals surface area contributed by atoms with Gasteiger partial charge in [-0.3, -0.25) is 14.9 Å². The van der Waals surface area contributed by atoms with Crippen LogP contribution < -0.4 is 5.43 Å². The Hall–Kier alpha value is -3.94. The lowest BCUT2D eigenvalue weighted by Crippen LogP contribution is -2.17. The summed E-state index contributed by atoms with van der Waals surface area (Å²) in [6.45, 7) is 4.02. The van der Waals surface area contributed by atoms with E-state index in [1.807, 2.05) is 38.1 Å². The summed E-state index contributed by atoms with van der Waals surface area (Å²) in [5.41, 5.74) is 5.91. The van der Waals surface area contributed by atoms with Crippen molar-refractivity contribution in [2.75, 3.05) is 0 Å². The minimum Gasteiger partial charge on any atom is -0.502 e. The lowest BCUT2D eigenvalue weighted by atomic mass is 10.2. The highest BCUT2D eigenvalue weighted by Gasteiger charge is 2.13. The first-order valence-electron chi connectivity index (χ1n) is 8.43. The van der Waals surface area contributed by atoms with Crippen molar-refractivity contribution in [3.05, 3.63) is 87.2 Å². The first-order valence-corrected chi connectivity index (χ1v) is 8.43. The van der Waals surface area contributed by atoms with Gasteiger partial charge in [0.2, 0.25) is 0 Å². The largest absolute Gasteiger partial charge is 0.502 e. The summed E-state index contributed by atoms with van der Waals surface area (Å²) in [5.74, 6) is -0.837. The van der Waals surface area contributed by atoms with Crippen LogP contribution in [0.2, 0.25) is 0 Å². The highest BCUT2D eigenvalue weighted by atomic mass is 16.6. The smallest absolute Gasteiger partial charge is 0.311 e. The SMILES string of the molecule is Cc1ccc(C)n1-c1ccc(C(=O)N/N=C/c2ccc(O)c([N+](=O)[O-])c2)cc1. The predicted molar refractivity (Wildman–Crippen MR) is 105 cm³/mol. The highest BCUT2D eigenvalue weighted by molar-refractivity contribution is 5.95. The van der Waals surface area contributed by atoms with Crippen LogP contribution in [-0.4, -0.2) is 26.7 Å². The zero-order chi connectivity index (χ0) is 20.3. The molecule has 3 aromatic rings. The molecule has 0 fully saturated rings. The number of phenols is 1. The zero-order valence-electron chi connectivity index (χ0n) is 15.3. The summed E-state index contributed by atoms with van der Waals surface area (Å²) in [4.78, 5) is 22.3. The first-order chi connectivity index (χ1) is 13.4. The number of nitro benzene ring substituents is 1. The van der Waals surface area contributed by atoms with Crippen molar-refractivity contribution in [3.8, 4) is 11.4 Å². The molecule has 1 aromatic heterocycles. The molecule has 3 rings (SSSR count). The maximum atomic E-state index is 12.2. The Balaban J connectivity index is 1.69. The number of nitrogens with one attached hydrogen (secondary N) is 1. The molecule has 0 spiro atoms. The van der Waals surface area contributed by atoms with Crippen molar-refractivity contribution in [1.82, 2.24) is 9.99 Å². The number of hydrogen-bond donors (Lipinski definition) is 2. The van der Waals surface area contributed by atoms with Gasteiger partial charge >= 0.3 is 5.69 Å². The number of aromatic hydroxyl groups is 1. The summed E-state index contributed by atoms with van der Waals surface area (Å²) in [5, 5.41) is 24.1. The Morgan fingerprint density at radius 2 is 1.75 bits per heavy atom. The number of nitrogens with zero attached hydrogens (tertiary/aromatic N) is 3. The average molecular weight is 378 g/mol. The molecule has 0 aliphatic heterocycles. The number of carbonyl (C=O) groups excluding carboxylic acids is 1. The summed E-state index contributed by atoms with van der Waals surface area (Å²) in [6, 6.07) is 15.0. The lowest BCUT2D eigenvalue weighted by molar-refractivity contribution is -0.385. The zero-order valence-corrected chi connectivity index (χ0v) is 15.3. The summed E-state index contributed by atoms with van der Waals surface area (Å²) in [6.07, 6.45) is 1.27. The second kappa shape index (κ2) is 7.75. The molecule has 8 nitrogen and oxygen atoms in total. The molecular formula is C20H18N4O4. The van der Waals surface area contributed by atoms with Gasteiger partial charge in [0.25, 0.3) is 5.91 Å². The first kappa shape index (κ1) is 18.8. The average Bonchev–Trinajstić information content (AvgIpc) is 3.01. The topological polar surface area (TPSA) is 110 Å². The van der Waals surface area contributed by atoms with Crippen LogP contribution in [-0.2, 0) is 0 Å². The van der Waals surface area contributed by atoms with Crippen LogP contribution in [0.5, 0.6) is 5.75 Å². The van der Waals surface area contributed by atoms with Gasteiger partial charge in [-0.05, 0) is 62.4 Å². The number of carbonyl (C=O) groups is 1. The van der Waals surface area contributed by atoms with Crippen molar-refractivity contribution >= 4 is 17.8 Å². The molecule has 1 heterocycles. The third-order valence-corrected chi connectivity index (χ3v) is 4.23. The molecule has 0 saturated carbocycles. The van der Waals surface area contributed by atoms with Crippen molar-refractivity contribution in [1.29, 1.82) is 0 Å². The minimum atomic E-state index is -0.693. The van der Waals surface area contributed by atoms with Gasteiger partial charge in [-0.1, -0.05) is 0 Å². The quantitative estimate of drug-likeness (QED) is 0.402. The number of nitro groups is 1. The van der Waals surface area contributed by atoms with Gasteiger partial charge in [-0.25, -0.2) is 5.43 Å². The number of aromatic nitrogens is 1. The van der Waals surface area contributed by atoms with Gasteiger partial charge < -0.3 is 9.67 Å². The molecule has 0 unspecified atom stereocenters. The van der Waals surface area contributed by atoms with Gasteiger partial charge in [-0.15, -0.1) is 0 Å². The normalized spacial score (nSPS) is 10.9. The fourth-order valence-electron chi connectivity index (χ4n) is 2.83. The van der Waals surface area contributed by atoms with E-state index in [4.69, 9.17) is 0 Å². The van der Waals surface area contributed by atoms with Crippen molar-refractivity contribution < 1.29 is 14.8 Å². The van der Waals surface area contributed by atoms with Crippen LogP contribution in [0.1, 0.15) is 27.3 Å². The van der Waals surface area contributed by atoms with Crippen LogP contribution in [0.3, 0.4) is 0 Å². The molecule has 0 aliphatic rings. The third kappa shape index (κ3) is 3.90. The Bertz CT molecular complexity index is 1050. The van der Waals surface area contributed by atoms with E-state index in [2.05, 4.69) is 15.1 Å². The van der Waals surface area contributed by atoms with Crippen LogP contribution in [0, 0.1) is 24.0 Å². The van der Waals surface area contributed by atoms with E-state index >= 15 is 0 Å². The molecule has 28 heavy (non-hydrogen) atoms. The van der Waals surface area contributed by atoms with Gasteiger partial charge in [0.1, 0.15) is 0 Å². The van der Waals surface area contributed by atoms with E-state index < -0.39 is 22.3 Å². The van der Waals surface area contributed by atoms with E-state index in [1.165, 1.54) is 24.4 Å². The van der Waals surface area contributed by atoms with Gasteiger partial charge in [0.05, 0.1) is 11.1 Å². The van der Waals surface area contributed by atoms with Crippen LogP contribution in [0.4, 0.5) is 5.69 Å². The second-order valence-electron chi connectivity index (χ2n) is 6.20. The van der Waals surface area contributed by atoms with Gasteiger partial charge in [-0.2, -0.15) is 5.10 Å². The van der Waals surface area contributed by atoms with Gasteiger partial charge in [0.15, 0.2) is 5.75 Å². The standard InChI is InChI=1S/C20H18N4O4/c1-13-3-4-14(2)23(13)17-8-6-16(7-9-17)20(26)22-21-12-15-5-10-19(25)18(11-15)24(27)28/h3-12,25H,1-2H3,(H,22,26)/b21-12+. The maximum absolute atomic E-state index is 12.2. The number of aryl methyl sites for hydroxylation is 2. The number of hydrogen-bond acceptors (Lipinski definition) is 5. The second-order valence-corrected chi connectivity index (χ2v) is 6.20. The Morgan fingerprint density at radius 3 is 2.36 bits per heavy atom. The molecular weight excluding hydrogens is 360 g/mol. The third-order valence-electron chi connectivity index (χ3n) is 4.23. The Kier molecular flexibility index (Phi) is 5.21. The van der Waals surface area contributed by atoms with Crippen molar-refractivity contribution in [3.63, 3.8) is 0 Å².